The van der Waals surface area contributed by atoms with Crippen molar-refractivity contribution in [3.63, 3.8) is 0 Å². The second kappa shape index (κ2) is 6.97. The van der Waals surface area contributed by atoms with Crippen LogP contribution in [-0.4, -0.2) is 24.7 Å². The Morgan fingerprint density at radius 1 is 1.44 bits per heavy atom. The molecular weight excluding hydrogens is 259 g/mol. The van der Waals surface area contributed by atoms with Gasteiger partial charge in [-0.05, 0) is 19.9 Å². The van der Waals surface area contributed by atoms with E-state index in [1.807, 2.05) is 0 Å². The highest BCUT2D eigenvalue weighted by Gasteiger charge is 2.41. The van der Waals surface area contributed by atoms with E-state index in [1.54, 1.807) is 0 Å². The number of rotatable bonds is 6. The summed E-state index contributed by atoms with van der Waals surface area (Å²) in [6.45, 7) is 1.17. The standard InChI is InChI=1S/C10H13F5N2O/c1-3-7(11)6(2)17-4-8(16)18-5-10(14,15)9(12)13/h3-4,9H,5,16H2,1-2H3/b7-3-,8-4+,17-6+. The Bertz CT molecular complexity index is 363. The van der Waals surface area contributed by atoms with Gasteiger partial charge in [-0.2, -0.15) is 8.78 Å². The van der Waals surface area contributed by atoms with Crippen LogP contribution in [0.5, 0.6) is 0 Å². The molecular formula is C10H13F5N2O. The highest BCUT2D eigenvalue weighted by molar-refractivity contribution is 5.96. The van der Waals surface area contributed by atoms with Gasteiger partial charge in [-0.15, -0.1) is 0 Å². The predicted molar refractivity (Wildman–Crippen MR) is 57.1 cm³/mol. The lowest BCUT2D eigenvalue weighted by atomic mass is 10.3. The summed E-state index contributed by atoms with van der Waals surface area (Å²) in [4.78, 5) is 3.47. The van der Waals surface area contributed by atoms with E-state index in [-0.39, 0.29) is 5.71 Å². The first-order valence-electron chi connectivity index (χ1n) is 4.81. The average Bonchev–Trinajstić information content (AvgIpc) is 2.32. The second-order valence-electron chi connectivity index (χ2n) is 3.23. The maximum Gasteiger partial charge on any atom is 0.340 e. The molecule has 0 aromatic rings. The highest BCUT2D eigenvalue weighted by Crippen LogP contribution is 2.23. The topological polar surface area (TPSA) is 47.6 Å². The molecule has 0 heterocycles. The van der Waals surface area contributed by atoms with E-state index in [9.17, 15) is 22.0 Å². The number of hydrogen-bond acceptors (Lipinski definition) is 3. The normalized spacial score (nSPS) is 15.2. The van der Waals surface area contributed by atoms with Crippen LogP contribution in [-0.2, 0) is 4.74 Å². The van der Waals surface area contributed by atoms with Crippen LogP contribution < -0.4 is 5.73 Å². The Balaban J connectivity index is 4.47. The van der Waals surface area contributed by atoms with E-state index in [0.717, 1.165) is 12.3 Å². The summed E-state index contributed by atoms with van der Waals surface area (Å²) >= 11 is 0. The van der Waals surface area contributed by atoms with Crippen molar-refractivity contribution in [1.82, 2.24) is 0 Å². The molecule has 0 saturated carbocycles. The number of nitrogens with two attached hydrogens (primary N) is 1. The smallest absolute Gasteiger partial charge is 0.340 e. The predicted octanol–water partition coefficient (Wildman–Crippen LogP) is 3.00. The van der Waals surface area contributed by atoms with E-state index >= 15 is 0 Å². The van der Waals surface area contributed by atoms with Gasteiger partial charge in [-0.25, -0.2) is 13.2 Å². The first-order valence-corrected chi connectivity index (χ1v) is 4.81. The lowest BCUT2D eigenvalue weighted by molar-refractivity contribution is -0.158. The number of alkyl halides is 4. The van der Waals surface area contributed by atoms with Crippen molar-refractivity contribution in [2.75, 3.05) is 6.61 Å². The van der Waals surface area contributed by atoms with Crippen LogP contribution in [0.2, 0.25) is 0 Å². The van der Waals surface area contributed by atoms with Crippen LogP contribution in [0.15, 0.2) is 29.0 Å². The minimum atomic E-state index is -4.30. The molecule has 0 aromatic heterocycles. The third kappa shape index (κ3) is 5.65. The summed E-state index contributed by atoms with van der Waals surface area (Å²) in [5, 5.41) is 0. The molecule has 0 amide bonds. The SMILES string of the molecule is C/C=C(F)/C(C)=N/C=C(\N)OCC(F)(F)C(F)F. The number of nitrogens with zero attached hydrogens (tertiary/aromatic N) is 1. The average molecular weight is 272 g/mol. The number of aliphatic imine (C=N–C) groups is 1. The summed E-state index contributed by atoms with van der Waals surface area (Å²) < 4.78 is 65.4. The monoisotopic (exact) mass is 272 g/mol. The van der Waals surface area contributed by atoms with Gasteiger partial charge in [0.25, 0.3) is 0 Å². The Morgan fingerprint density at radius 3 is 2.44 bits per heavy atom. The summed E-state index contributed by atoms with van der Waals surface area (Å²) in [5.41, 5.74) is 5.03. The zero-order chi connectivity index (χ0) is 14.3. The Hall–Kier alpha value is -1.60. The molecule has 18 heavy (non-hydrogen) atoms. The fourth-order valence-electron chi connectivity index (χ4n) is 0.711. The van der Waals surface area contributed by atoms with Crippen molar-refractivity contribution in [1.29, 1.82) is 0 Å². The number of allylic oxidation sites excluding steroid dienone is 2. The molecule has 2 N–H and O–H groups in total. The van der Waals surface area contributed by atoms with Gasteiger partial charge >= 0.3 is 12.3 Å². The summed E-state index contributed by atoms with van der Waals surface area (Å²) in [6.07, 6.45) is -1.95. The highest BCUT2D eigenvalue weighted by atomic mass is 19.3. The van der Waals surface area contributed by atoms with E-state index < -0.39 is 30.7 Å². The Kier molecular flexibility index (Phi) is 6.35. The largest absolute Gasteiger partial charge is 0.472 e. The molecule has 0 saturated heterocycles. The fraction of sp³-hybridized carbons (Fsp3) is 0.500. The molecule has 0 atom stereocenters. The zero-order valence-electron chi connectivity index (χ0n) is 9.76. The van der Waals surface area contributed by atoms with Gasteiger partial charge in [0.15, 0.2) is 6.61 Å². The molecule has 0 aliphatic carbocycles. The Labute approximate surface area is 101 Å². The minimum absolute atomic E-state index is 0.0512. The second-order valence-corrected chi connectivity index (χ2v) is 3.23. The van der Waals surface area contributed by atoms with Gasteiger partial charge in [-0.1, -0.05) is 0 Å². The molecule has 104 valence electrons. The van der Waals surface area contributed by atoms with Gasteiger partial charge < -0.3 is 10.5 Å². The lowest BCUT2D eigenvalue weighted by Gasteiger charge is -2.15. The molecule has 0 rings (SSSR count). The van der Waals surface area contributed by atoms with Crippen LogP contribution in [0.25, 0.3) is 0 Å². The van der Waals surface area contributed by atoms with Gasteiger partial charge in [0.2, 0.25) is 5.88 Å². The van der Waals surface area contributed by atoms with Crippen LogP contribution >= 0.6 is 0 Å². The van der Waals surface area contributed by atoms with Crippen LogP contribution in [0.4, 0.5) is 22.0 Å². The van der Waals surface area contributed by atoms with Crippen molar-refractivity contribution in [2.45, 2.75) is 26.2 Å². The molecule has 0 radical (unpaired) electrons. The fourth-order valence-corrected chi connectivity index (χ4v) is 0.711. The molecule has 0 unspecified atom stereocenters. The molecule has 0 aliphatic heterocycles. The summed E-state index contributed by atoms with van der Waals surface area (Å²) in [5.74, 6) is -5.54. The van der Waals surface area contributed by atoms with Crippen LogP contribution in [0.1, 0.15) is 13.8 Å². The maximum atomic E-state index is 12.9. The van der Waals surface area contributed by atoms with Crippen molar-refractivity contribution < 1.29 is 26.7 Å². The third-order valence-corrected chi connectivity index (χ3v) is 1.74. The lowest BCUT2D eigenvalue weighted by Crippen LogP contribution is -2.32. The molecule has 0 aromatic carbocycles. The Morgan fingerprint density at radius 2 is 2.00 bits per heavy atom. The van der Waals surface area contributed by atoms with E-state index in [4.69, 9.17) is 5.73 Å². The molecule has 0 spiro atoms. The van der Waals surface area contributed by atoms with Crippen LogP contribution in [0, 0.1) is 0 Å². The van der Waals surface area contributed by atoms with Gasteiger partial charge in [0, 0.05) is 0 Å². The van der Waals surface area contributed by atoms with Crippen molar-refractivity contribution >= 4 is 5.71 Å². The van der Waals surface area contributed by atoms with Gasteiger partial charge in [0.1, 0.15) is 5.83 Å². The molecule has 8 heteroatoms. The number of ether oxygens (including phenoxy) is 1. The van der Waals surface area contributed by atoms with Crippen molar-refractivity contribution in [3.05, 3.63) is 24.0 Å². The summed E-state index contributed by atoms with van der Waals surface area (Å²) in [7, 11) is 0. The molecule has 3 nitrogen and oxygen atoms in total. The third-order valence-electron chi connectivity index (χ3n) is 1.74. The van der Waals surface area contributed by atoms with Crippen molar-refractivity contribution in [2.24, 2.45) is 10.7 Å². The summed E-state index contributed by atoms with van der Waals surface area (Å²) in [6, 6.07) is 0. The maximum absolute atomic E-state index is 12.9. The first kappa shape index (κ1) is 16.4. The van der Waals surface area contributed by atoms with E-state index in [2.05, 4.69) is 9.73 Å². The zero-order valence-corrected chi connectivity index (χ0v) is 9.76. The molecule has 0 aliphatic rings. The van der Waals surface area contributed by atoms with Gasteiger partial charge in [-0.3, -0.25) is 4.99 Å². The van der Waals surface area contributed by atoms with Gasteiger partial charge in [0.05, 0.1) is 11.9 Å². The quantitative estimate of drug-likeness (QED) is 0.459. The minimum Gasteiger partial charge on any atom is -0.472 e. The molecule has 0 bridgehead atoms. The number of hydrogen-bond donors (Lipinski definition) is 1. The number of halogens is 5. The molecule has 0 fully saturated rings. The van der Waals surface area contributed by atoms with Crippen LogP contribution in [0.3, 0.4) is 0 Å². The first-order chi connectivity index (χ1) is 8.20. The van der Waals surface area contributed by atoms with E-state index in [0.29, 0.717) is 0 Å². The van der Waals surface area contributed by atoms with Crippen molar-refractivity contribution in [3.8, 4) is 0 Å². The van der Waals surface area contributed by atoms with E-state index in [1.165, 1.54) is 13.8 Å².